The maximum absolute atomic E-state index is 11.9. The Morgan fingerprint density at radius 2 is 1.78 bits per heavy atom. The summed E-state index contributed by atoms with van der Waals surface area (Å²) in [5.41, 5.74) is 0.964. The topological polar surface area (TPSA) is 70.2 Å². The normalized spacial score (nSPS) is 11.7. The summed E-state index contributed by atoms with van der Waals surface area (Å²) < 4.78 is 0. The van der Waals surface area contributed by atoms with E-state index in [0.717, 1.165) is 0 Å². The molecule has 98 valence electrons. The summed E-state index contributed by atoms with van der Waals surface area (Å²) in [7, 11) is 3.40. The third-order valence-electron chi connectivity index (χ3n) is 2.68. The third-order valence-corrected chi connectivity index (χ3v) is 2.68. The van der Waals surface area contributed by atoms with E-state index in [2.05, 4.69) is 16.0 Å². The molecule has 0 saturated heterocycles. The molecule has 0 bridgehead atoms. The van der Waals surface area contributed by atoms with Crippen LogP contribution in [0, 0.1) is 0 Å². The lowest BCUT2D eigenvalue weighted by Crippen LogP contribution is -2.37. The molecule has 0 aromatic heterocycles. The van der Waals surface area contributed by atoms with Crippen LogP contribution >= 0.6 is 0 Å². The molecule has 1 unspecified atom stereocenters. The van der Waals surface area contributed by atoms with Crippen LogP contribution in [0.3, 0.4) is 0 Å². The van der Waals surface area contributed by atoms with Gasteiger partial charge in [-0.15, -0.1) is 0 Å². The molecule has 5 heteroatoms. The number of carbonyl (C=O) groups is 2. The Morgan fingerprint density at radius 3 is 2.33 bits per heavy atom. The number of hydrogen-bond donors (Lipinski definition) is 3. The maximum atomic E-state index is 11.9. The second-order valence-corrected chi connectivity index (χ2v) is 4.06. The van der Waals surface area contributed by atoms with Gasteiger partial charge in [0.1, 0.15) is 0 Å². The Balaban J connectivity index is 2.71. The van der Waals surface area contributed by atoms with Gasteiger partial charge in [0, 0.05) is 30.8 Å². The van der Waals surface area contributed by atoms with E-state index in [1.165, 1.54) is 0 Å². The first-order valence-electron chi connectivity index (χ1n) is 5.86. The van der Waals surface area contributed by atoms with Crippen LogP contribution in [-0.2, 0) is 0 Å². The van der Waals surface area contributed by atoms with Crippen LogP contribution in [-0.4, -0.2) is 38.5 Å². The van der Waals surface area contributed by atoms with Crippen molar-refractivity contribution in [3.63, 3.8) is 0 Å². The smallest absolute Gasteiger partial charge is 0.251 e. The van der Waals surface area contributed by atoms with Gasteiger partial charge in [0.15, 0.2) is 0 Å². The Labute approximate surface area is 107 Å². The molecule has 3 N–H and O–H groups in total. The van der Waals surface area contributed by atoms with E-state index in [9.17, 15) is 9.59 Å². The van der Waals surface area contributed by atoms with Gasteiger partial charge >= 0.3 is 0 Å². The zero-order valence-corrected chi connectivity index (χ0v) is 10.9. The predicted molar refractivity (Wildman–Crippen MR) is 70.7 cm³/mol. The number of carbonyl (C=O) groups excluding carboxylic acids is 2. The van der Waals surface area contributed by atoms with Crippen LogP contribution in [0.15, 0.2) is 24.3 Å². The van der Waals surface area contributed by atoms with Crippen molar-refractivity contribution in [1.82, 2.24) is 16.0 Å². The lowest BCUT2D eigenvalue weighted by molar-refractivity contribution is 0.0950. The molecule has 0 heterocycles. The Bertz CT molecular complexity index is 432. The van der Waals surface area contributed by atoms with Gasteiger partial charge in [-0.2, -0.15) is 0 Å². The standard InChI is InChI=1S/C13H19N3O2/c1-9(14-2)8-16-13(18)11-6-4-5-10(7-11)12(17)15-3/h4-7,9,14H,8H2,1-3H3,(H,15,17)(H,16,18). The van der Waals surface area contributed by atoms with E-state index < -0.39 is 0 Å². The summed E-state index contributed by atoms with van der Waals surface area (Å²) in [6.45, 7) is 2.51. The van der Waals surface area contributed by atoms with Crippen molar-refractivity contribution in [3.8, 4) is 0 Å². The van der Waals surface area contributed by atoms with Crippen LogP contribution in [0.5, 0.6) is 0 Å². The molecule has 0 aliphatic carbocycles. The highest BCUT2D eigenvalue weighted by Gasteiger charge is 2.09. The van der Waals surface area contributed by atoms with Crippen molar-refractivity contribution in [3.05, 3.63) is 35.4 Å². The molecule has 5 nitrogen and oxygen atoms in total. The Hall–Kier alpha value is -1.88. The van der Waals surface area contributed by atoms with Crippen molar-refractivity contribution in [2.75, 3.05) is 20.6 Å². The van der Waals surface area contributed by atoms with Gasteiger partial charge in [-0.25, -0.2) is 0 Å². The first-order chi connectivity index (χ1) is 8.58. The van der Waals surface area contributed by atoms with Gasteiger partial charge in [0.25, 0.3) is 11.8 Å². The Kier molecular flexibility index (Phi) is 5.32. The molecular formula is C13H19N3O2. The average molecular weight is 249 g/mol. The summed E-state index contributed by atoms with van der Waals surface area (Å²) in [4.78, 5) is 23.3. The number of amides is 2. The molecular weight excluding hydrogens is 230 g/mol. The van der Waals surface area contributed by atoms with Crippen LogP contribution < -0.4 is 16.0 Å². The summed E-state index contributed by atoms with van der Waals surface area (Å²) in [6, 6.07) is 6.84. The lowest BCUT2D eigenvalue weighted by Gasteiger charge is -2.11. The van der Waals surface area contributed by atoms with Crippen molar-refractivity contribution >= 4 is 11.8 Å². The highest BCUT2D eigenvalue weighted by Crippen LogP contribution is 2.05. The first kappa shape index (κ1) is 14.2. The summed E-state index contributed by atoms with van der Waals surface area (Å²) in [5.74, 6) is -0.379. The second-order valence-electron chi connectivity index (χ2n) is 4.06. The largest absolute Gasteiger partial charge is 0.355 e. The van der Waals surface area contributed by atoms with Crippen LogP contribution in [0.1, 0.15) is 27.6 Å². The van der Waals surface area contributed by atoms with Gasteiger partial charge in [-0.3, -0.25) is 9.59 Å². The summed E-state index contributed by atoms with van der Waals surface area (Å²) in [5, 5.41) is 8.36. The summed E-state index contributed by atoms with van der Waals surface area (Å²) in [6.07, 6.45) is 0. The molecule has 0 spiro atoms. The van der Waals surface area contributed by atoms with E-state index in [1.807, 2.05) is 14.0 Å². The van der Waals surface area contributed by atoms with Gasteiger partial charge < -0.3 is 16.0 Å². The molecule has 0 radical (unpaired) electrons. The molecule has 1 aromatic carbocycles. The van der Waals surface area contributed by atoms with Crippen molar-refractivity contribution < 1.29 is 9.59 Å². The minimum Gasteiger partial charge on any atom is -0.355 e. The summed E-state index contributed by atoms with van der Waals surface area (Å²) >= 11 is 0. The zero-order valence-electron chi connectivity index (χ0n) is 10.9. The average Bonchev–Trinajstić information content (AvgIpc) is 2.43. The number of rotatable bonds is 5. The first-order valence-corrected chi connectivity index (χ1v) is 5.86. The van der Waals surface area contributed by atoms with Gasteiger partial charge in [0.2, 0.25) is 0 Å². The van der Waals surface area contributed by atoms with E-state index in [0.29, 0.717) is 17.7 Å². The fourth-order valence-corrected chi connectivity index (χ4v) is 1.40. The van der Waals surface area contributed by atoms with Crippen LogP contribution in [0.2, 0.25) is 0 Å². The molecule has 1 aromatic rings. The van der Waals surface area contributed by atoms with Crippen LogP contribution in [0.4, 0.5) is 0 Å². The number of benzene rings is 1. The minimum absolute atomic E-state index is 0.178. The van der Waals surface area contributed by atoms with E-state index >= 15 is 0 Å². The van der Waals surface area contributed by atoms with Crippen LogP contribution in [0.25, 0.3) is 0 Å². The predicted octanol–water partition coefficient (Wildman–Crippen LogP) is 0.384. The molecule has 1 atom stereocenters. The van der Waals surface area contributed by atoms with Gasteiger partial charge in [-0.05, 0) is 32.2 Å². The monoisotopic (exact) mass is 249 g/mol. The lowest BCUT2D eigenvalue weighted by atomic mass is 10.1. The molecule has 1 rings (SSSR count). The third kappa shape index (κ3) is 3.85. The number of hydrogen-bond acceptors (Lipinski definition) is 3. The highest BCUT2D eigenvalue weighted by molar-refractivity contribution is 5.99. The SMILES string of the molecule is CNC(=O)c1cccc(C(=O)NCC(C)NC)c1. The second kappa shape index (κ2) is 6.76. The zero-order chi connectivity index (χ0) is 13.5. The minimum atomic E-state index is -0.201. The number of nitrogens with one attached hydrogen (secondary N) is 3. The van der Waals surface area contributed by atoms with E-state index in [4.69, 9.17) is 0 Å². The van der Waals surface area contributed by atoms with Crippen molar-refractivity contribution in [1.29, 1.82) is 0 Å². The number of likely N-dealkylation sites (N-methyl/N-ethyl adjacent to an activating group) is 1. The maximum Gasteiger partial charge on any atom is 0.251 e. The molecule has 0 aliphatic heterocycles. The van der Waals surface area contributed by atoms with E-state index in [-0.39, 0.29) is 17.9 Å². The molecule has 0 fully saturated rings. The molecule has 0 aliphatic rings. The van der Waals surface area contributed by atoms with Gasteiger partial charge in [-0.1, -0.05) is 6.07 Å². The van der Waals surface area contributed by atoms with Gasteiger partial charge in [0.05, 0.1) is 0 Å². The Morgan fingerprint density at radius 1 is 1.17 bits per heavy atom. The highest BCUT2D eigenvalue weighted by atomic mass is 16.2. The quantitative estimate of drug-likeness (QED) is 0.706. The fourth-order valence-electron chi connectivity index (χ4n) is 1.40. The van der Waals surface area contributed by atoms with Crippen molar-refractivity contribution in [2.24, 2.45) is 0 Å². The molecule has 0 saturated carbocycles. The fraction of sp³-hybridized carbons (Fsp3) is 0.385. The van der Waals surface area contributed by atoms with Crippen molar-refractivity contribution in [2.45, 2.75) is 13.0 Å². The molecule has 18 heavy (non-hydrogen) atoms. The molecule has 2 amide bonds. The van der Waals surface area contributed by atoms with E-state index in [1.54, 1.807) is 31.3 Å².